The molecular weight excluding hydrogens is 360 g/mol. The van der Waals surface area contributed by atoms with E-state index in [2.05, 4.69) is 0 Å². The molecule has 2 aliphatic rings. The Labute approximate surface area is 158 Å². The topological polar surface area (TPSA) is 92.7 Å². The van der Waals surface area contributed by atoms with Crippen molar-refractivity contribution in [2.75, 3.05) is 27.4 Å². The van der Waals surface area contributed by atoms with Gasteiger partial charge in [0.1, 0.15) is 14.0 Å². The molecule has 0 saturated carbocycles. The number of ether oxygens (including phenoxy) is 4. The summed E-state index contributed by atoms with van der Waals surface area (Å²) in [6.45, 7) is 3.86. The van der Waals surface area contributed by atoms with Gasteiger partial charge in [0.15, 0.2) is 0 Å². The number of rotatable bonds is 9. The lowest BCUT2D eigenvalue weighted by molar-refractivity contribution is -0.0286. The van der Waals surface area contributed by atoms with Crippen molar-refractivity contribution in [1.82, 2.24) is 0 Å². The van der Waals surface area contributed by atoms with Crippen LogP contribution in [0.4, 0.5) is 0 Å². The molecule has 0 bridgehead atoms. The first-order valence-electron chi connectivity index (χ1n) is 8.53. The summed E-state index contributed by atoms with van der Waals surface area (Å²) in [5.41, 5.74) is 0. The highest BCUT2D eigenvalue weighted by Gasteiger charge is 2.45. The summed E-state index contributed by atoms with van der Waals surface area (Å²) in [6, 6.07) is -1.17. The molecule has 0 amide bonds. The number of phosphoric acid groups is 1. The molecule has 0 aromatic rings. The van der Waals surface area contributed by atoms with Gasteiger partial charge >= 0.3 is 7.82 Å². The van der Waals surface area contributed by atoms with Crippen molar-refractivity contribution in [1.29, 1.82) is 0 Å². The van der Waals surface area contributed by atoms with Crippen LogP contribution in [0.25, 0.3) is 0 Å². The molecule has 1 N–H and O–H groups in total. The maximum Gasteiger partial charge on any atom is 0.472 e. The molecule has 0 spiro atoms. The summed E-state index contributed by atoms with van der Waals surface area (Å²) < 4.78 is 44.4. The Bertz CT molecular complexity index is 501. The van der Waals surface area contributed by atoms with E-state index in [0.29, 0.717) is 6.61 Å². The molecule has 0 aromatic heterocycles. The van der Waals surface area contributed by atoms with Gasteiger partial charge in [-0.25, -0.2) is 4.57 Å². The third kappa shape index (κ3) is 5.14. The predicted octanol–water partition coefficient (Wildman–Crippen LogP) is -0.172. The van der Waals surface area contributed by atoms with E-state index < -0.39 is 26.0 Å². The monoisotopic (exact) mass is 385 g/mol. The van der Waals surface area contributed by atoms with Gasteiger partial charge in [-0.05, 0) is 0 Å². The zero-order valence-corrected chi connectivity index (χ0v) is 16.4. The molecule has 0 aromatic carbocycles. The highest BCUT2D eigenvalue weighted by atomic mass is 31.2. The Morgan fingerprint density at radius 3 is 2.38 bits per heavy atom. The minimum Gasteiger partial charge on any atom is -0.382 e. The van der Waals surface area contributed by atoms with Crippen LogP contribution < -0.4 is 0 Å². The molecule has 8 nitrogen and oxygen atoms in total. The lowest BCUT2D eigenvalue weighted by Gasteiger charge is -2.24. The second-order valence-electron chi connectivity index (χ2n) is 6.68. The molecular formula is C14H25B3O8P. The SMILES string of the molecule is [B][B][C@@H]1O[C@H](COP(=O)(O)OC2[C@H]([B])O[C@H](COC)[C@@H]2C)[C@H](OC)C1C. The summed E-state index contributed by atoms with van der Waals surface area (Å²) in [5.74, 6) is -0.246. The Balaban J connectivity index is 1.91. The lowest BCUT2D eigenvalue weighted by atomic mass is 9.49. The Morgan fingerprint density at radius 2 is 1.81 bits per heavy atom. The number of hydrogen-bond donors (Lipinski definition) is 1. The maximum atomic E-state index is 12.3. The second-order valence-corrected chi connectivity index (χ2v) is 8.09. The third-order valence-corrected chi connectivity index (χ3v) is 5.93. The normalized spacial score (nSPS) is 42.7. The molecule has 143 valence electrons. The molecule has 5 radical (unpaired) electrons. The van der Waals surface area contributed by atoms with Gasteiger partial charge in [0, 0.05) is 45.8 Å². The lowest BCUT2D eigenvalue weighted by Crippen LogP contribution is -2.32. The molecule has 3 unspecified atom stereocenters. The quantitative estimate of drug-likeness (QED) is 0.432. The molecule has 26 heavy (non-hydrogen) atoms. The molecule has 0 aliphatic carbocycles. The molecule has 2 saturated heterocycles. The first-order chi connectivity index (χ1) is 12.2. The number of phosphoric ester groups is 1. The van der Waals surface area contributed by atoms with Crippen LogP contribution in [0.5, 0.6) is 0 Å². The summed E-state index contributed by atoms with van der Waals surface area (Å²) in [5, 5.41) is 0. The minimum absolute atomic E-state index is 0.0101. The molecule has 2 heterocycles. The van der Waals surface area contributed by atoms with Crippen molar-refractivity contribution in [3.05, 3.63) is 0 Å². The van der Waals surface area contributed by atoms with E-state index in [1.165, 1.54) is 21.4 Å². The standard InChI is InChI=1S/C14H25B3O8P/c1-7-9(5-20-3)23-13(15)12(7)25-26(18,19)22-6-10-11(21-4)8(2)14(17-16)24-10/h7-14H,5-6H2,1-4H3,(H,18,19)/t7-,8?,9+,10+,11+,12?,13+,14+/m0/s1. The van der Waals surface area contributed by atoms with Crippen molar-refractivity contribution < 1.29 is 37.5 Å². The largest absolute Gasteiger partial charge is 0.472 e. The highest BCUT2D eigenvalue weighted by molar-refractivity contribution is 7.47. The average Bonchev–Trinajstić information content (AvgIpc) is 3.04. The van der Waals surface area contributed by atoms with Crippen molar-refractivity contribution >= 4 is 30.6 Å². The molecule has 2 fully saturated rings. The van der Waals surface area contributed by atoms with Gasteiger partial charge in [0.2, 0.25) is 0 Å². The fourth-order valence-corrected chi connectivity index (χ4v) is 4.44. The Hall–Kier alpha value is 0.145. The highest BCUT2D eigenvalue weighted by Crippen LogP contribution is 2.48. The van der Waals surface area contributed by atoms with E-state index in [1.54, 1.807) is 0 Å². The van der Waals surface area contributed by atoms with E-state index in [4.69, 9.17) is 43.6 Å². The van der Waals surface area contributed by atoms with Crippen LogP contribution in [0, 0.1) is 11.8 Å². The van der Waals surface area contributed by atoms with Crippen LogP contribution in [0.3, 0.4) is 0 Å². The fourth-order valence-electron chi connectivity index (χ4n) is 3.43. The zero-order chi connectivity index (χ0) is 19.5. The first kappa shape index (κ1) is 22.4. The summed E-state index contributed by atoms with van der Waals surface area (Å²) in [7, 11) is 11.5. The van der Waals surface area contributed by atoms with Gasteiger partial charge in [0.05, 0.1) is 38.7 Å². The van der Waals surface area contributed by atoms with Crippen LogP contribution >= 0.6 is 7.82 Å². The van der Waals surface area contributed by atoms with Gasteiger partial charge in [-0.15, -0.1) is 0 Å². The van der Waals surface area contributed by atoms with E-state index in [9.17, 15) is 9.46 Å². The van der Waals surface area contributed by atoms with Gasteiger partial charge in [-0.2, -0.15) is 0 Å². The first-order valence-corrected chi connectivity index (χ1v) is 10.0. The van der Waals surface area contributed by atoms with Gasteiger partial charge in [0.25, 0.3) is 0 Å². The third-order valence-electron chi connectivity index (χ3n) is 4.94. The molecule has 2 rings (SSSR count). The van der Waals surface area contributed by atoms with Crippen LogP contribution in [0.15, 0.2) is 0 Å². The van der Waals surface area contributed by atoms with Crippen molar-refractivity contribution in [2.24, 2.45) is 11.8 Å². The average molecular weight is 385 g/mol. The Morgan fingerprint density at radius 1 is 1.12 bits per heavy atom. The second kappa shape index (κ2) is 9.57. The Kier molecular flexibility index (Phi) is 8.25. The van der Waals surface area contributed by atoms with Crippen LogP contribution in [0.2, 0.25) is 0 Å². The van der Waals surface area contributed by atoms with E-state index in [0.717, 1.165) is 0 Å². The van der Waals surface area contributed by atoms with Gasteiger partial charge in [-0.1, -0.05) is 13.8 Å². The van der Waals surface area contributed by atoms with Crippen LogP contribution in [-0.2, 0) is 32.6 Å². The smallest absolute Gasteiger partial charge is 0.382 e. The van der Waals surface area contributed by atoms with Gasteiger partial charge in [-0.3, -0.25) is 9.05 Å². The van der Waals surface area contributed by atoms with Crippen molar-refractivity contribution in [3.63, 3.8) is 0 Å². The van der Waals surface area contributed by atoms with Crippen molar-refractivity contribution in [3.8, 4) is 0 Å². The van der Waals surface area contributed by atoms with E-state index in [1.807, 2.05) is 13.8 Å². The van der Waals surface area contributed by atoms with Crippen molar-refractivity contribution in [2.45, 2.75) is 50.3 Å². The number of methoxy groups -OCH3 is 2. The predicted molar refractivity (Wildman–Crippen MR) is 96.2 cm³/mol. The zero-order valence-electron chi connectivity index (χ0n) is 15.5. The van der Waals surface area contributed by atoms with Gasteiger partial charge < -0.3 is 23.8 Å². The molecule has 12 heteroatoms. The summed E-state index contributed by atoms with van der Waals surface area (Å²) in [4.78, 5) is 10.1. The van der Waals surface area contributed by atoms with Crippen LogP contribution in [-0.4, -0.2) is 91.5 Å². The molecule has 2 aliphatic heterocycles. The summed E-state index contributed by atoms with van der Waals surface area (Å²) >= 11 is 0. The summed E-state index contributed by atoms with van der Waals surface area (Å²) in [6.07, 6.45) is -1.98. The molecule has 9 atom stereocenters. The fraction of sp³-hybridized carbons (Fsp3) is 1.00. The van der Waals surface area contributed by atoms with E-state index >= 15 is 0 Å². The van der Waals surface area contributed by atoms with Crippen LogP contribution in [0.1, 0.15) is 13.8 Å². The minimum atomic E-state index is -4.38. The number of hydrogen-bond acceptors (Lipinski definition) is 7. The van der Waals surface area contributed by atoms with E-state index in [-0.39, 0.29) is 36.7 Å². The maximum absolute atomic E-state index is 12.3.